The molecule has 1 aliphatic rings. The van der Waals surface area contributed by atoms with Crippen molar-refractivity contribution in [3.63, 3.8) is 0 Å². The summed E-state index contributed by atoms with van der Waals surface area (Å²) in [5.41, 5.74) is 0.368. The summed E-state index contributed by atoms with van der Waals surface area (Å²) < 4.78 is 32.7. The molecule has 8 nitrogen and oxygen atoms in total. The van der Waals surface area contributed by atoms with Crippen molar-refractivity contribution in [3.8, 4) is 0 Å². The second-order valence-electron chi connectivity index (χ2n) is 9.65. The quantitative estimate of drug-likeness (QED) is 0.152. The fourth-order valence-electron chi connectivity index (χ4n) is 4.37. The normalized spacial score (nSPS) is 13.5. The van der Waals surface area contributed by atoms with Crippen LogP contribution in [0.25, 0.3) is 0 Å². The second kappa shape index (κ2) is 16.5. The number of carbonyl (C=O) groups excluding carboxylic acids is 2. The van der Waals surface area contributed by atoms with Gasteiger partial charge in [-0.2, -0.15) is 13.5 Å². The second-order valence-corrected chi connectivity index (χ2v) is 11.1. The van der Waals surface area contributed by atoms with Crippen LogP contribution in [0.3, 0.4) is 0 Å². The molecule has 0 aliphatic carbocycles. The Hall–Kier alpha value is -2.26. The van der Waals surface area contributed by atoms with Gasteiger partial charge in [-0.3, -0.25) is 14.1 Å². The Bertz CT molecular complexity index is 962. The van der Waals surface area contributed by atoms with E-state index in [0.717, 1.165) is 30.3 Å². The lowest BCUT2D eigenvalue weighted by atomic mass is 10.0. The number of hydrogen-bond donors (Lipinski definition) is 2. The van der Waals surface area contributed by atoms with Gasteiger partial charge in [0, 0.05) is 18.3 Å². The Labute approximate surface area is 216 Å². The lowest BCUT2D eigenvalue weighted by molar-refractivity contribution is -0.117. The lowest BCUT2D eigenvalue weighted by Crippen LogP contribution is -2.20. The molecule has 2 rings (SSSR count). The zero-order valence-corrected chi connectivity index (χ0v) is 22.5. The topological polar surface area (TPSA) is 116 Å². The van der Waals surface area contributed by atoms with Crippen LogP contribution in [-0.4, -0.2) is 31.0 Å². The van der Waals surface area contributed by atoms with E-state index in [0.29, 0.717) is 6.42 Å². The summed E-state index contributed by atoms with van der Waals surface area (Å²) in [6, 6.07) is 3.80. The minimum absolute atomic E-state index is 0.108. The molecule has 0 saturated carbocycles. The molecular weight excluding hydrogens is 478 g/mol. The minimum atomic E-state index is -4.52. The summed E-state index contributed by atoms with van der Waals surface area (Å²) in [6.07, 6.45) is 20.6. The van der Waals surface area contributed by atoms with Crippen LogP contribution in [-0.2, 0) is 19.7 Å². The summed E-state index contributed by atoms with van der Waals surface area (Å²) >= 11 is 0. The van der Waals surface area contributed by atoms with Crippen molar-refractivity contribution in [2.24, 2.45) is 5.10 Å². The van der Waals surface area contributed by atoms with Crippen LogP contribution in [0.5, 0.6) is 0 Å². The van der Waals surface area contributed by atoms with Crippen LogP contribution in [0.15, 0.2) is 28.2 Å². The third-order valence-electron chi connectivity index (χ3n) is 6.42. The maximum absolute atomic E-state index is 12.4. The van der Waals surface area contributed by atoms with Gasteiger partial charge in [0.15, 0.2) is 0 Å². The van der Waals surface area contributed by atoms with Gasteiger partial charge in [0.05, 0.1) is 17.0 Å². The van der Waals surface area contributed by atoms with Crippen LogP contribution in [0.2, 0.25) is 0 Å². The first-order chi connectivity index (χ1) is 17.3. The van der Waals surface area contributed by atoms with Gasteiger partial charge in [0.1, 0.15) is 0 Å². The molecule has 0 unspecified atom stereocenters. The molecule has 0 radical (unpaired) electrons. The fraction of sp³-hybridized carbons (Fsp3) is 0.667. The predicted octanol–water partition coefficient (Wildman–Crippen LogP) is 6.86. The van der Waals surface area contributed by atoms with Crippen LogP contribution < -0.4 is 10.3 Å². The first kappa shape index (κ1) is 30.0. The summed E-state index contributed by atoms with van der Waals surface area (Å²) in [6.45, 7) is 2.25. The molecule has 0 spiro atoms. The number of unbranched alkanes of at least 4 members (excludes halogenated alkanes) is 14. The van der Waals surface area contributed by atoms with Crippen molar-refractivity contribution >= 4 is 39.5 Å². The molecule has 2 amide bonds. The molecule has 0 fully saturated rings. The number of carbonyl (C=O) groups is 2. The van der Waals surface area contributed by atoms with Crippen LogP contribution >= 0.6 is 0 Å². The molecule has 36 heavy (non-hydrogen) atoms. The maximum Gasteiger partial charge on any atom is 0.294 e. The number of rotatable bonds is 19. The van der Waals surface area contributed by atoms with Crippen molar-refractivity contribution < 1.29 is 22.6 Å². The number of nitrogens with zero attached hydrogens (tertiary/aromatic N) is 2. The maximum atomic E-state index is 12.4. The van der Waals surface area contributed by atoms with Gasteiger partial charge in [-0.05, 0) is 24.6 Å². The van der Waals surface area contributed by atoms with Gasteiger partial charge >= 0.3 is 0 Å². The van der Waals surface area contributed by atoms with E-state index in [1.54, 1.807) is 0 Å². The summed E-state index contributed by atoms with van der Waals surface area (Å²) in [5.74, 6) is -0.558. The fourth-order valence-corrected chi connectivity index (χ4v) is 4.91. The number of nitrogens with one attached hydrogen (secondary N) is 1. The van der Waals surface area contributed by atoms with Crippen molar-refractivity contribution in [1.82, 2.24) is 0 Å². The zero-order valence-electron chi connectivity index (χ0n) is 21.7. The standard InChI is InChI=1S/C27H43N3O5S/c1-2-3-4-5-6-7-8-9-10-11-12-13-14-15-16-17-26(31)29-23-20-24(30-27(32)18-19-28-30)22-25(21-23)36(33,34)35/h19-22H,2-18H2,1H3,(H,29,31)(H,33,34,35). The first-order valence-electron chi connectivity index (χ1n) is 13.6. The van der Waals surface area contributed by atoms with Crippen molar-refractivity contribution in [1.29, 1.82) is 0 Å². The van der Waals surface area contributed by atoms with E-state index < -0.39 is 15.0 Å². The SMILES string of the molecule is CCCCCCCCCCCCCCCCCC(=O)Nc1cc(N2N=CCC2=O)cc(S(=O)(=O)O)c1. The monoisotopic (exact) mass is 521 g/mol. The molecule has 1 aromatic carbocycles. The summed E-state index contributed by atoms with van der Waals surface area (Å²) in [4.78, 5) is 23.9. The van der Waals surface area contributed by atoms with Gasteiger partial charge in [0.25, 0.3) is 16.0 Å². The number of benzene rings is 1. The van der Waals surface area contributed by atoms with Crippen LogP contribution in [0.1, 0.15) is 116 Å². The first-order valence-corrected chi connectivity index (χ1v) is 15.0. The summed E-state index contributed by atoms with van der Waals surface area (Å²) in [5, 5.41) is 7.65. The average Bonchev–Trinajstić information content (AvgIpc) is 3.26. The number of anilines is 2. The van der Waals surface area contributed by atoms with E-state index >= 15 is 0 Å². The van der Waals surface area contributed by atoms with Crippen molar-refractivity contribution in [2.75, 3.05) is 10.3 Å². The molecule has 1 heterocycles. The Morgan fingerprint density at radius 3 is 1.89 bits per heavy atom. The highest BCUT2D eigenvalue weighted by molar-refractivity contribution is 7.85. The van der Waals surface area contributed by atoms with E-state index in [2.05, 4.69) is 17.3 Å². The molecule has 0 saturated heterocycles. The minimum Gasteiger partial charge on any atom is -0.326 e. The van der Waals surface area contributed by atoms with Crippen molar-refractivity contribution in [2.45, 2.75) is 121 Å². The van der Waals surface area contributed by atoms with E-state index in [1.807, 2.05) is 0 Å². The Balaban J connectivity index is 1.61. The molecule has 1 aliphatic heterocycles. The Morgan fingerprint density at radius 2 is 1.42 bits per heavy atom. The van der Waals surface area contributed by atoms with E-state index in [4.69, 9.17) is 0 Å². The average molecular weight is 522 g/mol. The third kappa shape index (κ3) is 11.6. The number of hydrazone groups is 1. The molecule has 0 aromatic heterocycles. The molecule has 0 atom stereocenters. The zero-order chi connectivity index (χ0) is 26.2. The largest absolute Gasteiger partial charge is 0.326 e. The van der Waals surface area contributed by atoms with E-state index in [-0.39, 0.29) is 29.6 Å². The van der Waals surface area contributed by atoms with Gasteiger partial charge in [-0.15, -0.1) is 0 Å². The smallest absolute Gasteiger partial charge is 0.294 e. The Morgan fingerprint density at radius 1 is 0.889 bits per heavy atom. The lowest BCUT2D eigenvalue weighted by Gasteiger charge is -2.15. The molecule has 0 bridgehead atoms. The van der Waals surface area contributed by atoms with Gasteiger partial charge in [-0.1, -0.05) is 96.8 Å². The molecule has 1 aromatic rings. The highest BCUT2D eigenvalue weighted by Crippen LogP contribution is 2.27. The third-order valence-corrected chi connectivity index (χ3v) is 7.26. The molecule has 202 valence electrons. The van der Waals surface area contributed by atoms with Crippen LogP contribution in [0, 0.1) is 0 Å². The van der Waals surface area contributed by atoms with E-state index in [1.165, 1.54) is 95.4 Å². The molecular formula is C27H43N3O5S. The summed E-state index contributed by atoms with van der Waals surface area (Å²) in [7, 11) is -4.52. The predicted molar refractivity (Wildman–Crippen MR) is 145 cm³/mol. The molecule has 9 heteroatoms. The number of amides is 2. The Kier molecular flexibility index (Phi) is 13.7. The van der Waals surface area contributed by atoms with Crippen molar-refractivity contribution in [3.05, 3.63) is 18.2 Å². The van der Waals surface area contributed by atoms with Crippen LogP contribution in [0.4, 0.5) is 11.4 Å². The highest BCUT2D eigenvalue weighted by Gasteiger charge is 2.22. The van der Waals surface area contributed by atoms with E-state index in [9.17, 15) is 22.6 Å². The molecule has 2 N–H and O–H groups in total. The highest BCUT2D eigenvalue weighted by atomic mass is 32.2. The van der Waals surface area contributed by atoms with Gasteiger partial charge < -0.3 is 5.32 Å². The number of hydrogen-bond acceptors (Lipinski definition) is 5. The van der Waals surface area contributed by atoms with Gasteiger partial charge in [0.2, 0.25) is 5.91 Å². The van der Waals surface area contributed by atoms with Gasteiger partial charge in [-0.25, -0.2) is 5.01 Å².